The number of nitrogens with zero attached hydrogens (tertiary/aromatic N) is 6. The molecule has 13 nitrogen and oxygen atoms in total. The zero-order chi connectivity index (χ0) is 38.4. The number of hydrogen-bond acceptors (Lipinski definition) is 7. The van der Waals surface area contributed by atoms with Crippen LogP contribution in [0.3, 0.4) is 0 Å². The monoisotopic (exact) mass is 749 g/mol. The largest absolute Gasteiger partial charge is 0.370 e. The predicted octanol–water partition coefficient (Wildman–Crippen LogP) is 5.88. The molecule has 6 amide bonds. The molecule has 4 heterocycles. The SMILES string of the molecule is C[C@@H](c1ccc(F)cc1F)N(C(=O)[C@](CC(N)=O)(N1Cc2nc(Cl)ccc2NC1=O)N1Cc2nc(C#N)ccc2NC1=O)[C@@H](C)c1ccc(F)cc1F. The molecule has 0 unspecified atom stereocenters. The number of aromatic nitrogens is 2. The number of amides is 6. The third kappa shape index (κ3) is 6.64. The van der Waals surface area contributed by atoms with Crippen LogP contribution in [0, 0.1) is 34.6 Å². The molecule has 18 heteroatoms. The molecule has 2 aromatic carbocycles. The van der Waals surface area contributed by atoms with Gasteiger partial charge in [-0.25, -0.2) is 37.1 Å². The molecule has 2 aromatic heterocycles. The van der Waals surface area contributed by atoms with Gasteiger partial charge in [-0.3, -0.25) is 19.4 Å². The first-order valence-corrected chi connectivity index (χ1v) is 16.3. The molecule has 2 aliphatic heterocycles. The average molecular weight is 750 g/mol. The Balaban J connectivity index is 1.63. The number of anilines is 2. The van der Waals surface area contributed by atoms with Crippen LogP contribution in [0.1, 0.15) is 60.6 Å². The number of carbonyl (C=O) groups excluding carboxylic acids is 4. The van der Waals surface area contributed by atoms with Crippen LogP contribution in [0.25, 0.3) is 0 Å². The highest BCUT2D eigenvalue weighted by atomic mass is 35.5. The summed E-state index contributed by atoms with van der Waals surface area (Å²) in [5.41, 5.74) is 2.88. The van der Waals surface area contributed by atoms with Crippen molar-refractivity contribution < 1.29 is 36.7 Å². The van der Waals surface area contributed by atoms with Crippen LogP contribution < -0.4 is 16.4 Å². The fraction of sp³-hybridized carbons (Fsp3) is 0.229. The number of fused-ring (bicyclic) bond motifs is 2. The lowest BCUT2D eigenvalue weighted by Gasteiger charge is -2.53. The number of urea groups is 2. The number of benzene rings is 2. The molecule has 0 bridgehead atoms. The van der Waals surface area contributed by atoms with Crippen LogP contribution in [0.2, 0.25) is 5.15 Å². The Morgan fingerprint density at radius 1 is 0.868 bits per heavy atom. The summed E-state index contributed by atoms with van der Waals surface area (Å²) < 4.78 is 59.3. The van der Waals surface area contributed by atoms with E-state index in [9.17, 15) is 28.4 Å². The van der Waals surface area contributed by atoms with Gasteiger partial charge in [0.05, 0.1) is 54.4 Å². The second-order valence-electron chi connectivity index (χ2n) is 12.3. The molecule has 0 radical (unpaired) electrons. The van der Waals surface area contributed by atoms with Crippen LogP contribution in [0.5, 0.6) is 0 Å². The maximum Gasteiger partial charge on any atom is 0.324 e. The van der Waals surface area contributed by atoms with E-state index < -0.39 is 84.4 Å². The summed E-state index contributed by atoms with van der Waals surface area (Å²) in [4.78, 5) is 68.3. The van der Waals surface area contributed by atoms with Gasteiger partial charge < -0.3 is 21.3 Å². The van der Waals surface area contributed by atoms with Crippen LogP contribution in [-0.2, 0) is 22.7 Å². The van der Waals surface area contributed by atoms with Crippen LogP contribution in [-0.4, -0.2) is 54.2 Å². The summed E-state index contributed by atoms with van der Waals surface area (Å²) in [5, 5.41) is 14.7. The molecule has 0 saturated heterocycles. The van der Waals surface area contributed by atoms with Gasteiger partial charge in [0, 0.05) is 23.3 Å². The lowest BCUT2D eigenvalue weighted by Crippen LogP contribution is -2.73. The lowest BCUT2D eigenvalue weighted by atomic mass is 9.91. The third-order valence-electron chi connectivity index (χ3n) is 9.17. The van der Waals surface area contributed by atoms with E-state index in [1.165, 1.54) is 38.1 Å². The van der Waals surface area contributed by atoms with Crippen molar-refractivity contribution in [1.82, 2.24) is 24.7 Å². The Labute approximate surface area is 303 Å². The summed E-state index contributed by atoms with van der Waals surface area (Å²) >= 11 is 6.17. The molecule has 2 aliphatic rings. The van der Waals surface area contributed by atoms with E-state index in [0.29, 0.717) is 12.1 Å². The molecule has 6 rings (SSSR count). The number of pyridine rings is 2. The quantitative estimate of drug-likeness (QED) is 0.141. The molecule has 272 valence electrons. The number of halogens is 5. The van der Waals surface area contributed by atoms with E-state index in [2.05, 4.69) is 20.6 Å². The first kappa shape index (κ1) is 36.5. The van der Waals surface area contributed by atoms with Crippen molar-refractivity contribution >= 4 is 46.9 Å². The van der Waals surface area contributed by atoms with Gasteiger partial charge in [0.25, 0.3) is 5.91 Å². The molecule has 53 heavy (non-hydrogen) atoms. The standard InChI is InChI=1S/C35H28ClF4N9O4/c1-17(22-6-3-19(37)11-24(22)39)49(18(2)23-7-4-20(38)12-25(23)40)32(51)35(13-31(42)50,48-16-29-27(46-34(48)53)9-10-30(36)44-29)47-15-28-26(45-33(47)52)8-5-21(14-41)43-28/h3-12,17-18H,13,15-16H2,1-2H3,(H2,42,50)(H,45,52)(H,46,53)/t17-,18-,35-/m0/s1. The van der Waals surface area contributed by atoms with Crippen LogP contribution in [0.15, 0.2) is 60.7 Å². The summed E-state index contributed by atoms with van der Waals surface area (Å²) in [6.45, 7) is 1.48. The smallest absolute Gasteiger partial charge is 0.324 e. The minimum Gasteiger partial charge on any atom is -0.370 e. The topological polar surface area (TPSA) is 178 Å². The molecule has 4 aromatic rings. The molecule has 4 N–H and O–H groups in total. The number of carbonyl (C=O) groups is 4. The van der Waals surface area contributed by atoms with Crippen LogP contribution in [0.4, 0.5) is 38.5 Å². The number of hydrogen-bond donors (Lipinski definition) is 3. The van der Waals surface area contributed by atoms with Crippen molar-refractivity contribution in [1.29, 1.82) is 5.26 Å². The van der Waals surface area contributed by atoms with Gasteiger partial charge >= 0.3 is 12.1 Å². The molecule has 0 saturated carbocycles. The highest BCUT2D eigenvalue weighted by Crippen LogP contribution is 2.42. The van der Waals surface area contributed by atoms with Gasteiger partial charge in [0.2, 0.25) is 11.6 Å². The molecule has 0 aliphatic carbocycles. The molecule has 0 fully saturated rings. The first-order valence-electron chi connectivity index (χ1n) is 15.9. The second-order valence-corrected chi connectivity index (χ2v) is 12.7. The van der Waals surface area contributed by atoms with Crippen LogP contribution >= 0.6 is 11.6 Å². The van der Waals surface area contributed by atoms with E-state index in [1.54, 1.807) is 0 Å². The van der Waals surface area contributed by atoms with E-state index in [1.807, 2.05) is 6.07 Å². The minimum absolute atomic E-state index is 0.00741. The maximum atomic E-state index is 15.8. The third-order valence-corrected chi connectivity index (χ3v) is 9.38. The van der Waals surface area contributed by atoms with Gasteiger partial charge in [-0.1, -0.05) is 23.7 Å². The highest BCUT2D eigenvalue weighted by molar-refractivity contribution is 6.29. The summed E-state index contributed by atoms with van der Waals surface area (Å²) in [7, 11) is 0. The Morgan fingerprint density at radius 2 is 1.36 bits per heavy atom. The summed E-state index contributed by atoms with van der Waals surface area (Å²) in [5.74, 6) is -6.57. The number of primary amides is 1. The van der Waals surface area contributed by atoms with E-state index in [4.69, 9.17) is 17.3 Å². The van der Waals surface area contributed by atoms with E-state index in [0.717, 1.165) is 39.0 Å². The Bertz CT molecular complexity index is 2180. The second kappa shape index (κ2) is 14.0. The van der Waals surface area contributed by atoms with E-state index >= 15 is 13.6 Å². The van der Waals surface area contributed by atoms with Gasteiger partial charge in [0.1, 0.15) is 40.2 Å². The molecular weight excluding hydrogens is 722 g/mol. The van der Waals surface area contributed by atoms with Crippen molar-refractivity contribution in [3.05, 3.63) is 117 Å². The van der Waals surface area contributed by atoms with Crippen molar-refractivity contribution in [2.75, 3.05) is 10.6 Å². The summed E-state index contributed by atoms with van der Waals surface area (Å²) in [6.07, 6.45) is -1.09. The van der Waals surface area contributed by atoms with Crippen molar-refractivity contribution in [2.24, 2.45) is 5.73 Å². The fourth-order valence-corrected chi connectivity index (χ4v) is 6.84. The number of nitriles is 1. The van der Waals surface area contributed by atoms with Crippen molar-refractivity contribution in [3.63, 3.8) is 0 Å². The predicted molar refractivity (Wildman–Crippen MR) is 180 cm³/mol. The maximum absolute atomic E-state index is 15.8. The Kier molecular flexibility index (Phi) is 9.67. The number of nitrogens with one attached hydrogen (secondary N) is 2. The van der Waals surface area contributed by atoms with Gasteiger partial charge in [-0.05, 0) is 50.2 Å². The van der Waals surface area contributed by atoms with Gasteiger partial charge in [-0.2, -0.15) is 5.26 Å². The molecule has 0 spiro atoms. The lowest BCUT2D eigenvalue weighted by molar-refractivity contribution is -0.163. The molecular formula is C35H28ClF4N9O4. The number of nitrogens with two attached hydrogens (primary N) is 1. The first-order chi connectivity index (χ1) is 25.1. The van der Waals surface area contributed by atoms with Gasteiger partial charge in [-0.15, -0.1) is 0 Å². The van der Waals surface area contributed by atoms with Crippen molar-refractivity contribution in [3.8, 4) is 6.07 Å². The Morgan fingerprint density at radius 3 is 1.83 bits per heavy atom. The fourth-order valence-electron chi connectivity index (χ4n) is 6.67. The average Bonchev–Trinajstić information content (AvgIpc) is 3.10. The van der Waals surface area contributed by atoms with E-state index in [-0.39, 0.29) is 44.7 Å². The minimum atomic E-state index is -2.78. The molecule has 3 atom stereocenters. The zero-order valence-corrected chi connectivity index (χ0v) is 28.6. The zero-order valence-electron chi connectivity index (χ0n) is 27.8. The Hall–Kier alpha value is -6.28. The van der Waals surface area contributed by atoms with Gasteiger partial charge in [0.15, 0.2) is 0 Å². The number of rotatable bonds is 9. The normalized spacial score (nSPS) is 15.9. The van der Waals surface area contributed by atoms with Crippen molar-refractivity contribution in [2.45, 2.75) is 51.1 Å². The summed E-state index contributed by atoms with van der Waals surface area (Å²) in [6, 6.07) is 7.56. The highest BCUT2D eigenvalue weighted by Gasteiger charge is 2.59.